The first-order valence-electron chi connectivity index (χ1n) is 4.35. The Hall–Kier alpha value is -1.26. The highest BCUT2D eigenvalue weighted by Gasteiger charge is 2.02. The molecule has 1 unspecified atom stereocenters. The van der Waals surface area contributed by atoms with Crippen LogP contribution in [0.4, 0.5) is 0 Å². The first kappa shape index (κ1) is 10.8. The Bertz CT molecular complexity index is 261. The van der Waals surface area contributed by atoms with Gasteiger partial charge in [0.25, 0.3) is 0 Å². The number of aliphatic hydroxyl groups excluding tert-OH is 1. The molecule has 14 heavy (non-hydrogen) atoms. The molecule has 0 heterocycles. The van der Waals surface area contributed by atoms with Gasteiger partial charge in [0.2, 0.25) is 0 Å². The zero-order valence-electron chi connectivity index (χ0n) is 8.06. The minimum atomic E-state index is -0.725. The Morgan fingerprint density at radius 1 is 1.29 bits per heavy atom. The smallest absolute Gasteiger partial charge is 0.119 e. The molecular formula is C10H14NO3. The van der Waals surface area contributed by atoms with E-state index in [1.165, 1.54) is 0 Å². The lowest BCUT2D eigenvalue weighted by Crippen LogP contribution is -2.22. The normalized spacial score (nSPS) is 12.2. The van der Waals surface area contributed by atoms with Crippen LogP contribution in [0.5, 0.6) is 11.5 Å². The van der Waals surface area contributed by atoms with Crippen LogP contribution in [-0.2, 0) is 0 Å². The van der Waals surface area contributed by atoms with Gasteiger partial charge in [-0.1, -0.05) is 0 Å². The Morgan fingerprint density at radius 2 is 1.86 bits per heavy atom. The molecule has 0 aliphatic rings. The highest BCUT2D eigenvalue weighted by atomic mass is 16.5. The van der Waals surface area contributed by atoms with Crippen LogP contribution in [0.2, 0.25) is 0 Å². The number of hydrogen-bond acceptors (Lipinski definition) is 3. The van der Waals surface area contributed by atoms with Gasteiger partial charge in [-0.05, 0) is 24.3 Å². The fourth-order valence-electron chi connectivity index (χ4n) is 0.923. The Balaban J connectivity index is 2.43. The largest absolute Gasteiger partial charge is 0.497 e. The van der Waals surface area contributed by atoms with Gasteiger partial charge >= 0.3 is 0 Å². The van der Waals surface area contributed by atoms with Crippen molar-refractivity contribution in [3.05, 3.63) is 24.3 Å². The first-order valence-corrected chi connectivity index (χ1v) is 4.35. The molecule has 77 valence electrons. The minimum absolute atomic E-state index is 0.0455. The Kier molecular flexibility index (Phi) is 4.22. The minimum Gasteiger partial charge on any atom is -0.497 e. The number of benzene rings is 1. The molecule has 1 atom stereocenters. The average Bonchev–Trinajstić information content (AvgIpc) is 2.26. The molecule has 0 saturated heterocycles. The van der Waals surface area contributed by atoms with E-state index in [4.69, 9.17) is 20.3 Å². The summed E-state index contributed by atoms with van der Waals surface area (Å²) in [7, 11) is 1.60. The summed E-state index contributed by atoms with van der Waals surface area (Å²) in [6.45, 7) is 0.103. The van der Waals surface area contributed by atoms with Crippen molar-refractivity contribution < 1.29 is 14.6 Å². The standard InChI is InChI=1S/C10H14NO3/c1-13-9-2-4-10(5-3-9)14-7-8(12)6-11/h2-5,8,11-12H,6-7H2,1H3. The number of rotatable bonds is 5. The second kappa shape index (κ2) is 5.47. The summed E-state index contributed by atoms with van der Waals surface area (Å²) in [5.41, 5.74) is 6.89. The molecule has 0 bridgehead atoms. The molecule has 0 aromatic heterocycles. The fraction of sp³-hybridized carbons (Fsp3) is 0.400. The molecule has 0 saturated carbocycles. The third kappa shape index (κ3) is 3.24. The molecule has 0 spiro atoms. The van der Waals surface area contributed by atoms with Crippen LogP contribution in [0.1, 0.15) is 0 Å². The maximum Gasteiger partial charge on any atom is 0.119 e. The summed E-state index contributed by atoms with van der Waals surface area (Å²) in [6.07, 6.45) is -0.725. The zero-order valence-corrected chi connectivity index (χ0v) is 8.06. The molecular weight excluding hydrogens is 182 g/mol. The lowest BCUT2D eigenvalue weighted by molar-refractivity contribution is 0.113. The quantitative estimate of drug-likeness (QED) is 0.754. The van der Waals surface area contributed by atoms with E-state index in [-0.39, 0.29) is 13.2 Å². The van der Waals surface area contributed by atoms with Gasteiger partial charge in [0.1, 0.15) is 24.2 Å². The van der Waals surface area contributed by atoms with Crippen molar-refractivity contribution in [2.75, 3.05) is 20.3 Å². The van der Waals surface area contributed by atoms with Gasteiger partial charge in [-0.2, -0.15) is 0 Å². The predicted octanol–water partition coefficient (Wildman–Crippen LogP) is 0.718. The van der Waals surface area contributed by atoms with Crippen molar-refractivity contribution in [2.24, 2.45) is 0 Å². The van der Waals surface area contributed by atoms with Crippen LogP contribution in [0.15, 0.2) is 24.3 Å². The zero-order chi connectivity index (χ0) is 10.4. The lowest BCUT2D eigenvalue weighted by Gasteiger charge is -2.09. The van der Waals surface area contributed by atoms with Crippen molar-refractivity contribution in [1.29, 1.82) is 0 Å². The summed E-state index contributed by atoms with van der Waals surface area (Å²) < 4.78 is 10.2. The van der Waals surface area contributed by atoms with E-state index < -0.39 is 6.10 Å². The van der Waals surface area contributed by atoms with Gasteiger partial charge in [0.15, 0.2) is 0 Å². The van der Waals surface area contributed by atoms with Gasteiger partial charge in [0.05, 0.1) is 7.11 Å². The van der Waals surface area contributed by atoms with Gasteiger partial charge in [-0.25, -0.2) is 0 Å². The Morgan fingerprint density at radius 3 is 2.36 bits per heavy atom. The van der Waals surface area contributed by atoms with Gasteiger partial charge < -0.3 is 14.6 Å². The predicted molar refractivity (Wildman–Crippen MR) is 52.5 cm³/mol. The highest BCUT2D eigenvalue weighted by Crippen LogP contribution is 2.16. The maximum absolute atomic E-state index is 9.08. The van der Waals surface area contributed by atoms with Crippen LogP contribution in [0.25, 0.3) is 0 Å². The van der Waals surface area contributed by atoms with Crippen LogP contribution in [-0.4, -0.2) is 31.5 Å². The van der Waals surface area contributed by atoms with Crippen molar-refractivity contribution >= 4 is 0 Å². The molecule has 0 amide bonds. The van der Waals surface area contributed by atoms with E-state index in [2.05, 4.69) is 0 Å². The molecule has 0 fully saturated rings. The molecule has 1 rings (SSSR count). The molecule has 1 radical (unpaired) electrons. The van der Waals surface area contributed by atoms with Crippen LogP contribution in [0, 0.1) is 0 Å². The van der Waals surface area contributed by atoms with Gasteiger partial charge in [-0.15, -0.1) is 0 Å². The summed E-state index contributed by atoms with van der Waals surface area (Å²) in [5, 5.41) is 9.08. The molecule has 2 N–H and O–H groups in total. The molecule has 1 aromatic rings. The second-order valence-electron chi connectivity index (χ2n) is 2.84. The molecule has 4 nitrogen and oxygen atoms in total. The molecule has 1 aromatic carbocycles. The SMILES string of the molecule is COc1ccc(OCC(O)C[NH])cc1. The van der Waals surface area contributed by atoms with E-state index in [1.807, 2.05) is 0 Å². The fourth-order valence-corrected chi connectivity index (χ4v) is 0.923. The number of aliphatic hydroxyl groups is 1. The first-order chi connectivity index (χ1) is 6.76. The van der Waals surface area contributed by atoms with Crippen LogP contribution in [0.3, 0.4) is 0 Å². The van der Waals surface area contributed by atoms with Crippen molar-refractivity contribution in [2.45, 2.75) is 6.10 Å². The van der Waals surface area contributed by atoms with E-state index in [0.29, 0.717) is 5.75 Å². The van der Waals surface area contributed by atoms with Crippen molar-refractivity contribution in [1.82, 2.24) is 5.73 Å². The van der Waals surface area contributed by atoms with Gasteiger partial charge in [-0.3, -0.25) is 5.73 Å². The third-order valence-electron chi connectivity index (χ3n) is 1.74. The van der Waals surface area contributed by atoms with E-state index >= 15 is 0 Å². The summed E-state index contributed by atoms with van der Waals surface area (Å²) in [5.74, 6) is 1.43. The van der Waals surface area contributed by atoms with Crippen molar-refractivity contribution in [3.8, 4) is 11.5 Å². The second-order valence-corrected chi connectivity index (χ2v) is 2.84. The van der Waals surface area contributed by atoms with Gasteiger partial charge in [0, 0.05) is 6.54 Å². The lowest BCUT2D eigenvalue weighted by atomic mass is 10.3. The summed E-state index contributed by atoms with van der Waals surface area (Å²) in [4.78, 5) is 0. The monoisotopic (exact) mass is 196 g/mol. The molecule has 0 aliphatic heterocycles. The van der Waals surface area contributed by atoms with E-state index in [9.17, 15) is 0 Å². The Labute approximate surface area is 83.3 Å². The number of hydrogen-bond donors (Lipinski definition) is 1. The molecule has 4 heteroatoms. The number of nitrogens with one attached hydrogen (secondary N) is 1. The number of ether oxygens (including phenoxy) is 2. The number of methoxy groups -OCH3 is 1. The summed E-state index contributed by atoms with van der Waals surface area (Å²) >= 11 is 0. The van der Waals surface area contributed by atoms with Crippen LogP contribution < -0.4 is 15.2 Å². The van der Waals surface area contributed by atoms with Crippen molar-refractivity contribution in [3.63, 3.8) is 0 Å². The topological polar surface area (TPSA) is 62.5 Å². The summed E-state index contributed by atoms with van der Waals surface area (Å²) in [6, 6.07) is 7.08. The highest BCUT2D eigenvalue weighted by molar-refractivity contribution is 5.31. The molecule has 0 aliphatic carbocycles. The average molecular weight is 196 g/mol. The maximum atomic E-state index is 9.08. The van der Waals surface area contributed by atoms with E-state index in [1.54, 1.807) is 31.4 Å². The third-order valence-corrected chi connectivity index (χ3v) is 1.74. The van der Waals surface area contributed by atoms with Crippen LogP contribution >= 0.6 is 0 Å². The van der Waals surface area contributed by atoms with E-state index in [0.717, 1.165) is 5.75 Å².